The zero-order valence-corrected chi connectivity index (χ0v) is 8.48. The van der Waals surface area contributed by atoms with Crippen molar-refractivity contribution in [3.63, 3.8) is 0 Å². The zero-order valence-electron chi connectivity index (χ0n) is 7.66. The van der Waals surface area contributed by atoms with E-state index in [-0.39, 0.29) is 12.3 Å². The summed E-state index contributed by atoms with van der Waals surface area (Å²) in [6.45, 7) is 0.0459. The van der Waals surface area contributed by atoms with Gasteiger partial charge in [-0.2, -0.15) is 4.21 Å². The van der Waals surface area contributed by atoms with Gasteiger partial charge in [-0.25, -0.2) is 0 Å². The summed E-state index contributed by atoms with van der Waals surface area (Å²) in [5, 5.41) is 10.4. The molecule has 1 rings (SSSR count). The van der Waals surface area contributed by atoms with E-state index >= 15 is 0 Å². The van der Waals surface area contributed by atoms with Crippen LogP contribution in [0.2, 0.25) is 0 Å². The van der Waals surface area contributed by atoms with Crippen LogP contribution in [0.1, 0.15) is 5.56 Å². The van der Waals surface area contributed by atoms with Gasteiger partial charge in [0.05, 0.1) is 11.5 Å². The van der Waals surface area contributed by atoms with Crippen LogP contribution in [0.5, 0.6) is 0 Å². The van der Waals surface area contributed by atoms with Gasteiger partial charge in [0.1, 0.15) is 0 Å². The summed E-state index contributed by atoms with van der Waals surface area (Å²) in [5.41, 5.74) is 0.687. The van der Waals surface area contributed by atoms with E-state index in [2.05, 4.69) is 4.18 Å². The van der Waals surface area contributed by atoms with Crippen LogP contribution in [0.15, 0.2) is 24.3 Å². The molecule has 1 aromatic carbocycles. The van der Waals surface area contributed by atoms with Crippen molar-refractivity contribution in [3.05, 3.63) is 39.9 Å². The van der Waals surface area contributed by atoms with E-state index in [1.165, 1.54) is 12.1 Å². The standard InChI is InChI=1S/C8H9NO5S/c10-9(11)8-3-1-2-7(6-8)4-5-14-15(12)13/h1-3,6H,4-5H2,(H,12,13). The smallest absolute Gasteiger partial charge is 0.284 e. The number of hydrogen-bond acceptors (Lipinski definition) is 4. The highest BCUT2D eigenvalue weighted by Crippen LogP contribution is 2.13. The van der Waals surface area contributed by atoms with Crippen LogP contribution in [0.3, 0.4) is 0 Å². The molecule has 82 valence electrons. The fourth-order valence-electron chi connectivity index (χ4n) is 1.06. The van der Waals surface area contributed by atoms with Crippen molar-refractivity contribution in [3.8, 4) is 0 Å². The number of non-ortho nitro benzene ring substituents is 1. The Bertz CT molecular complexity index is 381. The number of benzene rings is 1. The number of hydrogen-bond donors (Lipinski definition) is 1. The van der Waals surface area contributed by atoms with E-state index < -0.39 is 16.3 Å². The first-order valence-corrected chi connectivity index (χ1v) is 5.10. The molecule has 0 amide bonds. The average molecular weight is 231 g/mol. The first kappa shape index (κ1) is 11.8. The summed E-state index contributed by atoms with van der Waals surface area (Å²) in [7, 11) is 0. The van der Waals surface area contributed by atoms with Crippen molar-refractivity contribution >= 4 is 17.0 Å². The third kappa shape index (κ3) is 4.15. The predicted octanol–water partition coefficient (Wildman–Crippen LogP) is 1.29. The van der Waals surface area contributed by atoms with E-state index in [0.717, 1.165) is 0 Å². The lowest BCUT2D eigenvalue weighted by Crippen LogP contribution is -2.01. The fraction of sp³-hybridized carbons (Fsp3) is 0.250. The lowest BCUT2D eigenvalue weighted by atomic mass is 10.1. The third-order valence-electron chi connectivity index (χ3n) is 1.70. The second-order valence-corrected chi connectivity index (χ2v) is 3.39. The maximum absolute atomic E-state index is 10.4. The zero-order chi connectivity index (χ0) is 11.3. The van der Waals surface area contributed by atoms with E-state index in [4.69, 9.17) is 4.55 Å². The maximum Gasteiger partial charge on any atom is 0.301 e. The molecule has 0 saturated heterocycles. The van der Waals surface area contributed by atoms with Crippen LogP contribution in [0.25, 0.3) is 0 Å². The molecule has 0 aliphatic heterocycles. The summed E-state index contributed by atoms with van der Waals surface area (Å²) in [6.07, 6.45) is 0.355. The minimum Gasteiger partial charge on any atom is -0.284 e. The van der Waals surface area contributed by atoms with Crippen molar-refractivity contribution in [2.75, 3.05) is 6.61 Å². The Hall–Kier alpha value is -1.31. The van der Waals surface area contributed by atoms with Crippen molar-refractivity contribution in [1.29, 1.82) is 0 Å². The van der Waals surface area contributed by atoms with Gasteiger partial charge in [-0.15, -0.1) is 0 Å². The normalized spacial score (nSPS) is 12.3. The Morgan fingerprint density at radius 1 is 1.53 bits per heavy atom. The van der Waals surface area contributed by atoms with Gasteiger partial charge in [-0.05, 0) is 12.0 Å². The second kappa shape index (κ2) is 5.54. The van der Waals surface area contributed by atoms with Crippen molar-refractivity contribution < 1.29 is 17.9 Å². The Kier molecular flexibility index (Phi) is 4.35. The highest BCUT2D eigenvalue weighted by molar-refractivity contribution is 7.74. The summed E-state index contributed by atoms with van der Waals surface area (Å²) < 4.78 is 22.9. The second-order valence-electron chi connectivity index (χ2n) is 2.72. The summed E-state index contributed by atoms with van der Waals surface area (Å²) in [5.74, 6) is 0. The molecule has 0 heterocycles. The SMILES string of the molecule is O=[N+]([O-])c1cccc(CCOS(=O)O)c1. The Balaban J connectivity index is 2.58. The number of nitro benzene ring substituents is 1. The Morgan fingerprint density at radius 2 is 2.27 bits per heavy atom. The largest absolute Gasteiger partial charge is 0.301 e. The Morgan fingerprint density at radius 3 is 2.87 bits per heavy atom. The van der Waals surface area contributed by atoms with Gasteiger partial charge in [0, 0.05) is 12.1 Å². The summed E-state index contributed by atoms with van der Waals surface area (Å²) in [4.78, 5) is 9.93. The molecule has 0 fully saturated rings. The van der Waals surface area contributed by atoms with Gasteiger partial charge < -0.3 is 0 Å². The van der Waals surface area contributed by atoms with E-state index in [0.29, 0.717) is 12.0 Å². The van der Waals surface area contributed by atoms with Gasteiger partial charge in [-0.3, -0.25) is 18.9 Å². The van der Waals surface area contributed by atoms with Gasteiger partial charge >= 0.3 is 11.4 Å². The molecule has 0 saturated carbocycles. The fourth-order valence-corrected chi connectivity index (χ4v) is 1.28. The van der Waals surface area contributed by atoms with Crippen molar-refractivity contribution in [2.45, 2.75) is 6.42 Å². The molecule has 1 unspecified atom stereocenters. The number of rotatable bonds is 5. The van der Waals surface area contributed by atoms with Gasteiger partial charge in [-0.1, -0.05) is 12.1 Å². The molecule has 6 nitrogen and oxygen atoms in total. The molecule has 15 heavy (non-hydrogen) atoms. The molecule has 1 N–H and O–H groups in total. The molecule has 0 aliphatic rings. The lowest BCUT2D eigenvalue weighted by molar-refractivity contribution is -0.384. The Labute approximate surface area is 88.5 Å². The van der Waals surface area contributed by atoms with Gasteiger partial charge in [0.15, 0.2) is 0 Å². The molecule has 0 bridgehead atoms. The van der Waals surface area contributed by atoms with Gasteiger partial charge in [0.25, 0.3) is 5.69 Å². The summed E-state index contributed by atoms with van der Waals surface area (Å²) >= 11 is -2.29. The molecule has 0 aromatic heterocycles. The van der Waals surface area contributed by atoms with E-state index in [9.17, 15) is 14.3 Å². The minimum atomic E-state index is -2.29. The minimum absolute atomic E-state index is 0.00220. The first-order valence-electron chi connectivity index (χ1n) is 4.07. The number of nitrogens with zero attached hydrogens (tertiary/aromatic N) is 1. The average Bonchev–Trinajstić information content (AvgIpc) is 2.17. The number of nitro groups is 1. The van der Waals surface area contributed by atoms with E-state index in [1.54, 1.807) is 12.1 Å². The molecule has 0 radical (unpaired) electrons. The van der Waals surface area contributed by atoms with Crippen LogP contribution in [-0.2, 0) is 22.0 Å². The van der Waals surface area contributed by atoms with Crippen LogP contribution in [0, 0.1) is 10.1 Å². The molecule has 0 spiro atoms. The molecule has 7 heteroatoms. The van der Waals surface area contributed by atoms with Crippen molar-refractivity contribution in [1.82, 2.24) is 0 Å². The van der Waals surface area contributed by atoms with Crippen molar-refractivity contribution in [2.24, 2.45) is 0 Å². The van der Waals surface area contributed by atoms with Gasteiger partial charge in [0.2, 0.25) is 0 Å². The third-order valence-corrected chi connectivity index (χ3v) is 2.06. The lowest BCUT2D eigenvalue weighted by Gasteiger charge is -1.99. The van der Waals surface area contributed by atoms with Crippen LogP contribution in [0.4, 0.5) is 5.69 Å². The first-order chi connectivity index (χ1) is 7.09. The van der Waals surface area contributed by atoms with Crippen LogP contribution < -0.4 is 0 Å². The summed E-state index contributed by atoms with van der Waals surface area (Å²) in [6, 6.07) is 6.04. The quantitative estimate of drug-likeness (QED) is 0.468. The molecular formula is C8H9NO5S. The topological polar surface area (TPSA) is 89.7 Å². The van der Waals surface area contributed by atoms with Crippen LogP contribution in [-0.4, -0.2) is 20.3 Å². The molecule has 0 aliphatic carbocycles. The molecular weight excluding hydrogens is 222 g/mol. The monoisotopic (exact) mass is 231 g/mol. The van der Waals surface area contributed by atoms with Crippen LogP contribution >= 0.6 is 0 Å². The highest BCUT2D eigenvalue weighted by Gasteiger charge is 2.05. The maximum atomic E-state index is 10.4. The molecule has 1 atom stereocenters. The molecule has 1 aromatic rings. The van der Waals surface area contributed by atoms with E-state index in [1.807, 2.05) is 0 Å². The highest BCUT2D eigenvalue weighted by atomic mass is 32.2. The predicted molar refractivity (Wildman–Crippen MR) is 53.5 cm³/mol.